The molecule has 1 aromatic heterocycles. The SMILES string of the molecule is NCC(NC(=O)Cc1noc2ccccc12)C1CCCC1. The molecule has 0 bridgehead atoms. The molecule has 1 atom stereocenters. The molecule has 1 heterocycles. The molecule has 1 aliphatic carbocycles. The van der Waals surface area contributed by atoms with Crippen molar-refractivity contribution in [1.82, 2.24) is 10.5 Å². The van der Waals surface area contributed by atoms with Crippen LogP contribution in [0.5, 0.6) is 0 Å². The van der Waals surface area contributed by atoms with Gasteiger partial charge in [-0.05, 0) is 30.9 Å². The van der Waals surface area contributed by atoms with Crippen molar-refractivity contribution < 1.29 is 9.32 Å². The summed E-state index contributed by atoms with van der Waals surface area (Å²) < 4.78 is 5.23. The Balaban J connectivity index is 1.65. The minimum absolute atomic E-state index is 0.0311. The molecule has 1 aliphatic rings. The van der Waals surface area contributed by atoms with E-state index in [1.54, 1.807) is 0 Å². The van der Waals surface area contributed by atoms with Crippen LogP contribution >= 0.6 is 0 Å². The fraction of sp³-hybridized carbons (Fsp3) is 0.500. The first kappa shape index (κ1) is 14.1. The number of amides is 1. The van der Waals surface area contributed by atoms with E-state index in [1.807, 2.05) is 24.3 Å². The number of nitrogens with zero attached hydrogens (tertiary/aromatic N) is 1. The van der Waals surface area contributed by atoms with E-state index in [9.17, 15) is 4.79 Å². The van der Waals surface area contributed by atoms with Gasteiger partial charge >= 0.3 is 0 Å². The van der Waals surface area contributed by atoms with Crippen LogP contribution in [0.1, 0.15) is 31.4 Å². The minimum Gasteiger partial charge on any atom is -0.356 e. The molecule has 3 N–H and O–H groups in total. The average molecular weight is 287 g/mol. The van der Waals surface area contributed by atoms with Crippen molar-refractivity contribution >= 4 is 16.9 Å². The fourth-order valence-electron chi connectivity index (χ4n) is 3.20. The highest BCUT2D eigenvalue weighted by molar-refractivity contribution is 5.86. The van der Waals surface area contributed by atoms with Gasteiger partial charge < -0.3 is 15.6 Å². The number of hydrogen-bond acceptors (Lipinski definition) is 4. The second kappa shape index (κ2) is 6.26. The molecule has 1 saturated carbocycles. The number of nitrogens with one attached hydrogen (secondary N) is 1. The van der Waals surface area contributed by atoms with Crippen molar-refractivity contribution in [3.63, 3.8) is 0 Å². The van der Waals surface area contributed by atoms with Gasteiger partial charge in [0.1, 0.15) is 5.69 Å². The van der Waals surface area contributed by atoms with Gasteiger partial charge in [-0.25, -0.2) is 0 Å². The summed E-state index contributed by atoms with van der Waals surface area (Å²) in [6.07, 6.45) is 5.04. The summed E-state index contributed by atoms with van der Waals surface area (Å²) >= 11 is 0. The molecular formula is C16H21N3O2. The van der Waals surface area contributed by atoms with Crippen molar-refractivity contribution in [3.05, 3.63) is 30.0 Å². The third-order valence-electron chi connectivity index (χ3n) is 4.35. The molecule has 2 aromatic rings. The zero-order valence-corrected chi connectivity index (χ0v) is 12.0. The highest BCUT2D eigenvalue weighted by atomic mass is 16.5. The predicted molar refractivity (Wildman–Crippen MR) is 80.7 cm³/mol. The Morgan fingerprint density at radius 3 is 2.90 bits per heavy atom. The third kappa shape index (κ3) is 3.08. The van der Waals surface area contributed by atoms with Crippen molar-refractivity contribution in [3.8, 4) is 0 Å². The first-order chi connectivity index (χ1) is 10.3. The van der Waals surface area contributed by atoms with Gasteiger partial charge in [0.05, 0.1) is 6.42 Å². The lowest BCUT2D eigenvalue weighted by Gasteiger charge is -2.22. The fourth-order valence-corrected chi connectivity index (χ4v) is 3.20. The van der Waals surface area contributed by atoms with E-state index in [1.165, 1.54) is 12.8 Å². The molecule has 5 heteroatoms. The first-order valence-electron chi connectivity index (χ1n) is 7.60. The van der Waals surface area contributed by atoms with Crippen LogP contribution in [0.4, 0.5) is 0 Å². The van der Waals surface area contributed by atoms with Crippen LogP contribution in [0, 0.1) is 5.92 Å². The topological polar surface area (TPSA) is 81.1 Å². The van der Waals surface area contributed by atoms with Crippen molar-refractivity contribution in [2.24, 2.45) is 11.7 Å². The van der Waals surface area contributed by atoms with E-state index in [4.69, 9.17) is 10.3 Å². The van der Waals surface area contributed by atoms with E-state index >= 15 is 0 Å². The molecule has 1 unspecified atom stereocenters. The van der Waals surface area contributed by atoms with E-state index in [0.717, 1.165) is 18.2 Å². The minimum atomic E-state index is -0.0311. The Morgan fingerprint density at radius 2 is 2.14 bits per heavy atom. The standard InChI is InChI=1S/C16H21N3O2/c17-10-14(11-5-1-2-6-11)18-16(20)9-13-12-7-3-4-8-15(12)21-19-13/h3-4,7-8,11,14H,1-2,5-6,9-10,17H2,(H,18,20). The van der Waals surface area contributed by atoms with Crippen LogP contribution in [-0.4, -0.2) is 23.7 Å². The summed E-state index contributed by atoms with van der Waals surface area (Å²) in [5.74, 6) is 0.490. The summed E-state index contributed by atoms with van der Waals surface area (Å²) in [4.78, 5) is 12.2. The highest BCUT2D eigenvalue weighted by Gasteiger charge is 2.25. The van der Waals surface area contributed by atoms with Crippen LogP contribution in [0.3, 0.4) is 0 Å². The van der Waals surface area contributed by atoms with Crippen LogP contribution in [0.2, 0.25) is 0 Å². The Hall–Kier alpha value is -1.88. The lowest BCUT2D eigenvalue weighted by Crippen LogP contribution is -2.45. The molecule has 0 aliphatic heterocycles. The van der Waals surface area contributed by atoms with Crippen LogP contribution < -0.4 is 11.1 Å². The molecular weight excluding hydrogens is 266 g/mol. The van der Waals surface area contributed by atoms with Gasteiger partial charge in [0.2, 0.25) is 5.91 Å². The van der Waals surface area contributed by atoms with Gasteiger partial charge in [0, 0.05) is 18.0 Å². The largest absolute Gasteiger partial charge is 0.356 e. The Kier molecular flexibility index (Phi) is 4.20. The molecule has 1 aromatic carbocycles. The van der Waals surface area contributed by atoms with Gasteiger partial charge in [-0.15, -0.1) is 0 Å². The summed E-state index contributed by atoms with van der Waals surface area (Å²) in [5, 5.41) is 7.97. The maximum atomic E-state index is 12.2. The smallest absolute Gasteiger partial charge is 0.226 e. The quantitative estimate of drug-likeness (QED) is 0.881. The van der Waals surface area contributed by atoms with Gasteiger partial charge in [-0.3, -0.25) is 4.79 Å². The first-order valence-corrected chi connectivity index (χ1v) is 7.60. The van der Waals surface area contributed by atoms with Crippen molar-refractivity contribution in [2.75, 3.05) is 6.54 Å². The monoisotopic (exact) mass is 287 g/mol. The zero-order valence-electron chi connectivity index (χ0n) is 12.0. The molecule has 0 saturated heterocycles. The number of carbonyl (C=O) groups is 1. The summed E-state index contributed by atoms with van der Waals surface area (Å²) in [6, 6.07) is 7.67. The van der Waals surface area contributed by atoms with Gasteiger partial charge in [-0.1, -0.05) is 30.1 Å². The molecule has 21 heavy (non-hydrogen) atoms. The zero-order chi connectivity index (χ0) is 14.7. The summed E-state index contributed by atoms with van der Waals surface area (Å²) in [5.41, 5.74) is 7.22. The van der Waals surface area contributed by atoms with Crippen LogP contribution in [-0.2, 0) is 11.2 Å². The number of hydrogen-bond donors (Lipinski definition) is 2. The van der Waals surface area contributed by atoms with Gasteiger partial charge in [0.25, 0.3) is 0 Å². The van der Waals surface area contributed by atoms with Crippen molar-refractivity contribution in [1.29, 1.82) is 0 Å². The second-order valence-corrected chi connectivity index (χ2v) is 5.76. The number of aromatic nitrogens is 1. The highest BCUT2D eigenvalue weighted by Crippen LogP contribution is 2.27. The lowest BCUT2D eigenvalue weighted by molar-refractivity contribution is -0.121. The molecule has 1 amide bonds. The maximum absolute atomic E-state index is 12.2. The second-order valence-electron chi connectivity index (χ2n) is 5.76. The number of para-hydroxylation sites is 1. The van der Waals surface area contributed by atoms with Crippen molar-refractivity contribution in [2.45, 2.75) is 38.1 Å². The molecule has 3 rings (SSSR count). The number of carbonyl (C=O) groups excluding carboxylic acids is 1. The Morgan fingerprint density at radius 1 is 1.38 bits per heavy atom. The molecule has 0 spiro atoms. The number of fused-ring (bicyclic) bond motifs is 1. The Labute approximate surface area is 123 Å². The molecule has 5 nitrogen and oxygen atoms in total. The summed E-state index contributed by atoms with van der Waals surface area (Å²) in [7, 11) is 0. The number of benzene rings is 1. The Bertz CT molecular complexity index is 617. The van der Waals surface area contributed by atoms with E-state index in [-0.39, 0.29) is 18.4 Å². The van der Waals surface area contributed by atoms with Gasteiger partial charge in [-0.2, -0.15) is 0 Å². The third-order valence-corrected chi connectivity index (χ3v) is 4.35. The van der Waals surface area contributed by atoms with E-state index in [2.05, 4.69) is 10.5 Å². The van der Waals surface area contributed by atoms with Gasteiger partial charge in [0.15, 0.2) is 5.58 Å². The molecule has 0 radical (unpaired) electrons. The number of nitrogens with two attached hydrogens (primary N) is 1. The normalized spacial score (nSPS) is 17.2. The predicted octanol–water partition coefficient (Wildman–Crippen LogP) is 2.00. The number of rotatable bonds is 5. The average Bonchev–Trinajstić information content (AvgIpc) is 3.15. The molecule has 112 valence electrons. The van der Waals surface area contributed by atoms with E-state index < -0.39 is 0 Å². The lowest BCUT2D eigenvalue weighted by atomic mass is 9.98. The van der Waals surface area contributed by atoms with E-state index in [0.29, 0.717) is 23.7 Å². The van der Waals surface area contributed by atoms with Crippen LogP contribution in [0.25, 0.3) is 11.0 Å². The van der Waals surface area contributed by atoms with Crippen LogP contribution in [0.15, 0.2) is 28.8 Å². The summed E-state index contributed by atoms with van der Waals surface area (Å²) in [6.45, 7) is 0.496. The molecule has 1 fully saturated rings. The maximum Gasteiger partial charge on any atom is 0.226 e.